The van der Waals surface area contributed by atoms with Crippen LogP contribution in [0.15, 0.2) is 42.6 Å². The predicted molar refractivity (Wildman–Crippen MR) is 69.3 cm³/mol. The molecule has 2 heterocycles. The largest absolute Gasteiger partial charge is 0.326 e. The van der Waals surface area contributed by atoms with Gasteiger partial charge in [-0.25, -0.2) is 4.98 Å². The third kappa shape index (κ3) is 1.78. The molecule has 86 valence electrons. The number of anilines is 2. The van der Waals surface area contributed by atoms with Crippen molar-refractivity contribution < 1.29 is 0 Å². The van der Waals surface area contributed by atoms with Crippen LogP contribution in [0.3, 0.4) is 0 Å². The van der Waals surface area contributed by atoms with Crippen LogP contribution < -0.4 is 10.6 Å². The van der Waals surface area contributed by atoms with Crippen molar-refractivity contribution in [1.82, 2.24) is 4.98 Å². The van der Waals surface area contributed by atoms with Crippen LogP contribution in [0.2, 0.25) is 0 Å². The third-order valence-electron chi connectivity index (χ3n) is 3.21. The summed E-state index contributed by atoms with van der Waals surface area (Å²) in [5.41, 5.74) is 9.33. The normalized spacial score (nSPS) is 13.8. The maximum absolute atomic E-state index is 5.58. The molecule has 0 radical (unpaired) electrons. The quantitative estimate of drug-likeness (QED) is 0.852. The van der Waals surface area contributed by atoms with Crippen molar-refractivity contribution in [1.29, 1.82) is 0 Å². The highest BCUT2D eigenvalue weighted by atomic mass is 15.2. The average molecular weight is 225 g/mol. The maximum Gasteiger partial charge on any atom is 0.132 e. The molecular weight excluding hydrogens is 210 g/mol. The molecule has 1 aromatic heterocycles. The Morgan fingerprint density at radius 3 is 2.82 bits per heavy atom. The molecule has 1 aliphatic rings. The number of hydrogen-bond acceptors (Lipinski definition) is 3. The lowest BCUT2D eigenvalue weighted by Crippen LogP contribution is -2.14. The summed E-state index contributed by atoms with van der Waals surface area (Å²) in [6.07, 6.45) is 2.95. The lowest BCUT2D eigenvalue weighted by molar-refractivity contribution is 0.964. The fraction of sp³-hybridized carbons (Fsp3) is 0.214. The van der Waals surface area contributed by atoms with E-state index in [9.17, 15) is 0 Å². The molecule has 0 saturated carbocycles. The van der Waals surface area contributed by atoms with Crippen LogP contribution in [0.4, 0.5) is 11.5 Å². The van der Waals surface area contributed by atoms with Crippen molar-refractivity contribution in [2.45, 2.75) is 13.0 Å². The van der Waals surface area contributed by atoms with E-state index >= 15 is 0 Å². The minimum atomic E-state index is 0.546. The Balaban J connectivity index is 1.95. The summed E-state index contributed by atoms with van der Waals surface area (Å²) in [5.74, 6) is 1.01. The van der Waals surface area contributed by atoms with Gasteiger partial charge in [-0.05, 0) is 29.7 Å². The first kappa shape index (κ1) is 10.3. The smallest absolute Gasteiger partial charge is 0.132 e. The van der Waals surface area contributed by atoms with Gasteiger partial charge in [0.05, 0.1) is 0 Å². The van der Waals surface area contributed by atoms with Crippen LogP contribution in [0, 0.1) is 0 Å². The summed E-state index contributed by atoms with van der Waals surface area (Å²) in [7, 11) is 0. The minimum absolute atomic E-state index is 0.546. The second-order valence-corrected chi connectivity index (χ2v) is 4.26. The van der Waals surface area contributed by atoms with Crippen LogP contribution in [0.1, 0.15) is 11.1 Å². The first-order chi connectivity index (χ1) is 8.38. The third-order valence-corrected chi connectivity index (χ3v) is 3.21. The number of para-hydroxylation sites is 1. The van der Waals surface area contributed by atoms with E-state index in [4.69, 9.17) is 5.73 Å². The molecule has 0 aliphatic carbocycles. The van der Waals surface area contributed by atoms with Gasteiger partial charge in [-0.1, -0.05) is 24.3 Å². The van der Waals surface area contributed by atoms with Crippen LogP contribution in [0.5, 0.6) is 0 Å². The first-order valence-corrected chi connectivity index (χ1v) is 5.89. The second kappa shape index (κ2) is 4.18. The van der Waals surface area contributed by atoms with Gasteiger partial charge in [-0.2, -0.15) is 0 Å². The molecule has 1 aliphatic heterocycles. The topological polar surface area (TPSA) is 42.1 Å². The molecule has 2 N–H and O–H groups in total. The van der Waals surface area contributed by atoms with Gasteiger partial charge in [-0.3, -0.25) is 0 Å². The van der Waals surface area contributed by atoms with E-state index in [2.05, 4.69) is 34.1 Å². The van der Waals surface area contributed by atoms with Crippen molar-refractivity contribution in [3.05, 3.63) is 53.7 Å². The Kier molecular flexibility index (Phi) is 2.53. The van der Waals surface area contributed by atoms with Crippen molar-refractivity contribution in [2.75, 3.05) is 11.4 Å². The molecule has 0 bridgehead atoms. The molecule has 1 aromatic carbocycles. The Labute approximate surface area is 101 Å². The van der Waals surface area contributed by atoms with E-state index in [1.165, 1.54) is 11.3 Å². The molecule has 3 heteroatoms. The number of benzene rings is 1. The van der Waals surface area contributed by atoms with E-state index in [1.54, 1.807) is 0 Å². The zero-order chi connectivity index (χ0) is 11.7. The molecule has 2 aromatic rings. The molecule has 3 nitrogen and oxygen atoms in total. The summed E-state index contributed by atoms with van der Waals surface area (Å²) in [6.45, 7) is 1.55. The summed E-state index contributed by atoms with van der Waals surface area (Å²) >= 11 is 0. The van der Waals surface area contributed by atoms with E-state index < -0.39 is 0 Å². The van der Waals surface area contributed by atoms with Gasteiger partial charge in [0, 0.05) is 25.0 Å². The standard InChI is InChI=1S/C14H15N3/c15-9-11-5-6-14(16-10-11)17-8-7-12-3-1-2-4-13(12)17/h1-6,10H,7-9,15H2. The number of rotatable bonds is 2. The van der Waals surface area contributed by atoms with Gasteiger partial charge in [0.25, 0.3) is 0 Å². The minimum Gasteiger partial charge on any atom is -0.326 e. The van der Waals surface area contributed by atoms with Crippen LogP contribution in [-0.4, -0.2) is 11.5 Å². The number of nitrogens with zero attached hydrogens (tertiary/aromatic N) is 2. The molecule has 0 saturated heterocycles. The van der Waals surface area contributed by atoms with Crippen LogP contribution >= 0.6 is 0 Å². The highest BCUT2D eigenvalue weighted by Gasteiger charge is 2.20. The first-order valence-electron chi connectivity index (χ1n) is 5.89. The van der Waals surface area contributed by atoms with Gasteiger partial charge >= 0.3 is 0 Å². The van der Waals surface area contributed by atoms with Gasteiger partial charge in [0.2, 0.25) is 0 Å². The van der Waals surface area contributed by atoms with E-state index in [0.717, 1.165) is 24.3 Å². The second-order valence-electron chi connectivity index (χ2n) is 4.26. The fourth-order valence-corrected chi connectivity index (χ4v) is 2.27. The molecular formula is C14H15N3. The number of hydrogen-bond donors (Lipinski definition) is 1. The Morgan fingerprint density at radius 2 is 2.06 bits per heavy atom. The Morgan fingerprint density at radius 1 is 1.18 bits per heavy atom. The van der Waals surface area contributed by atoms with Crippen molar-refractivity contribution in [2.24, 2.45) is 5.73 Å². The average Bonchev–Trinajstić information content (AvgIpc) is 2.83. The highest BCUT2D eigenvalue weighted by molar-refractivity contribution is 5.67. The number of nitrogens with two attached hydrogens (primary N) is 1. The lowest BCUT2D eigenvalue weighted by Gasteiger charge is -2.18. The fourth-order valence-electron chi connectivity index (χ4n) is 2.27. The summed E-state index contributed by atoms with van der Waals surface area (Å²) in [6, 6.07) is 12.6. The zero-order valence-electron chi connectivity index (χ0n) is 9.63. The highest BCUT2D eigenvalue weighted by Crippen LogP contribution is 2.32. The molecule has 0 fully saturated rings. The SMILES string of the molecule is NCc1ccc(N2CCc3ccccc32)nc1. The maximum atomic E-state index is 5.58. The van der Waals surface area contributed by atoms with Crippen LogP contribution in [0.25, 0.3) is 0 Å². The van der Waals surface area contributed by atoms with E-state index in [-0.39, 0.29) is 0 Å². The van der Waals surface area contributed by atoms with Crippen LogP contribution in [-0.2, 0) is 13.0 Å². The zero-order valence-corrected chi connectivity index (χ0v) is 9.63. The molecule has 0 atom stereocenters. The molecule has 3 rings (SSSR count). The number of fused-ring (bicyclic) bond motifs is 1. The number of aromatic nitrogens is 1. The lowest BCUT2D eigenvalue weighted by atomic mass is 10.2. The molecule has 0 amide bonds. The van der Waals surface area contributed by atoms with Crippen molar-refractivity contribution in [3.63, 3.8) is 0 Å². The summed E-state index contributed by atoms with van der Waals surface area (Å²) in [5, 5.41) is 0. The summed E-state index contributed by atoms with van der Waals surface area (Å²) < 4.78 is 0. The van der Waals surface area contributed by atoms with Gasteiger partial charge in [0.1, 0.15) is 5.82 Å². The Hall–Kier alpha value is -1.87. The van der Waals surface area contributed by atoms with E-state index in [0.29, 0.717) is 6.54 Å². The molecule has 0 spiro atoms. The predicted octanol–water partition coefficient (Wildman–Crippen LogP) is 2.23. The monoisotopic (exact) mass is 225 g/mol. The molecule has 17 heavy (non-hydrogen) atoms. The summed E-state index contributed by atoms with van der Waals surface area (Å²) in [4.78, 5) is 6.74. The molecule has 0 unspecified atom stereocenters. The van der Waals surface area contributed by atoms with Crippen molar-refractivity contribution >= 4 is 11.5 Å². The Bertz CT molecular complexity index is 519. The van der Waals surface area contributed by atoms with Gasteiger partial charge < -0.3 is 10.6 Å². The van der Waals surface area contributed by atoms with Gasteiger partial charge in [0.15, 0.2) is 0 Å². The van der Waals surface area contributed by atoms with Crippen molar-refractivity contribution in [3.8, 4) is 0 Å². The number of pyridine rings is 1. The van der Waals surface area contributed by atoms with Gasteiger partial charge in [-0.15, -0.1) is 0 Å². The van der Waals surface area contributed by atoms with E-state index in [1.807, 2.05) is 18.3 Å².